The Hall–Kier alpha value is -2.09. The summed E-state index contributed by atoms with van der Waals surface area (Å²) in [6, 6.07) is 14.0. The fourth-order valence-corrected chi connectivity index (χ4v) is 2.73. The number of benzene rings is 2. The molecule has 2 aromatic carbocycles. The van der Waals surface area contributed by atoms with Gasteiger partial charge in [-0.25, -0.2) is 0 Å². The van der Waals surface area contributed by atoms with Gasteiger partial charge in [-0.05, 0) is 30.5 Å². The van der Waals surface area contributed by atoms with Crippen LogP contribution in [0.3, 0.4) is 0 Å². The van der Waals surface area contributed by atoms with E-state index in [1.165, 1.54) is 18.4 Å². The van der Waals surface area contributed by atoms with Crippen LogP contribution in [0.1, 0.15) is 42.4 Å². The predicted octanol–water partition coefficient (Wildman–Crippen LogP) is 4.47. The normalized spacial score (nSPS) is 15.9. The molecular formula is C18H18O2. The minimum absolute atomic E-state index is 0.212. The van der Waals surface area contributed by atoms with Crippen molar-refractivity contribution in [2.45, 2.75) is 32.1 Å². The molecule has 0 aliphatic carbocycles. The van der Waals surface area contributed by atoms with Crippen molar-refractivity contribution >= 4 is 6.29 Å². The van der Waals surface area contributed by atoms with E-state index in [1.807, 2.05) is 30.3 Å². The molecule has 1 aliphatic heterocycles. The summed E-state index contributed by atoms with van der Waals surface area (Å²) < 4.78 is 5.91. The lowest BCUT2D eigenvalue weighted by Gasteiger charge is -2.25. The molecular weight excluding hydrogens is 248 g/mol. The van der Waals surface area contributed by atoms with Crippen LogP contribution in [-0.4, -0.2) is 6.29 Å². The number of carbonyl (C=O) groups is 1. The molecule has 0 saturated heterocycles. The highest BCUT2D eigenvalue weighted by atomic mass is 16.5. The van der Waals surface area contributed by atoms with Crippen LogP contribution in [0, 0.1) is 0 Å². The zero-order valence-corrected chi connectivity index (χ0v) is 11.6. The predicted molar refractivity (Wildman–Crippen MR) is 79.5 cm³/mol. The molecule has 0 amide bonds. The van der Waals surface area contributed by atoms with Crippen molar-refractivity contribution < 1.29 is 9.53 Å². The smallest absolute Gasteiger partial charge is 0.132 e. The molecule has 0 aromatic heterocycles. The van der Waals surface area contributed by atoms with Crippen molar-refractivity contribution in [3.63, 3.8) is 0 Å². The summed E-state index contributed by atoms with van der Waals surface area (Å²) in [6.45, 7) is 2.19. The zero-order valence-electron chi connectivity index (χ0n) is 11.6. The summed E-state index contributed by atoms with van der Waals surface area (Å²) in [5.41, 5.74) is 3.23. The number of aldehydes is 1. The lowest BCUT2D eigenvalue weighted by atomic mass is 9.88. The first kappa shape index (κ1) is 12.9. The van der Waals surface area contributed by atoms with Crippen molar-refractivity contribution in [3.05, 3.63) is 59.2 Å². The van der Waals surface area contributed by atoms with Crippen LogP contribution < -0.4 is 4.74 Å². The molecule has 1 aliphatic rings. The van der Waals surface area contributed by atoms with E-state index in [-0.39, 0.29) is 5.92 Å². The van der Waals surface area contributed by atoms with Gasteiger partial charge in [0.15, 0.2) is 0 Å². The number of hydrogen-bond donors (Lipinski definition) is 0. The Morgan fingerprint density at radius 2 is 1.90 bits per heavy atom. The van der Waals surface area contributed by atoms with Gasteiger partial charge < -0.3 is 9.53 Å². The number of ether oxygens (including phenoxy) is 1. The Morgan fingerprint density at radius 3 is 2.70 bits per heavy atom. The summed E-state index contributed by atoms with van der Waals surface area (Å²) in [4.78, 5) is 11.6. The van der Waals surface area contributed by atoms with Crippen molar-refractivity contribution in [2.24, 2.45) is 0 Å². The van der Waals surface area contributed by atoms with Gasteiger partial charge in [0.2, 0.25) is 0 Å². The standard InChI is InChI=1S/C18H18O2/c1-2-3-6-13-9-10-18-15(11-13)16(12-19)14-7-4-5-8-17(14)20-18/h4-5,7-12,16H,2-3,6H2,1H3. The van der Waals surface area contributed by atoms with Crippen molar-refractivity contribution in [1.29, 1.82) is 0 Å². The lowest BCUT2D eigenvalue weighted by Crippen LogP contribution is -2.11. The highest BCUT2D eigenvalue weighted by Crippen LogP contribution is 2.43. The maximum atomic E-state index is 11.6. The molecule has 2 aromatic rings. The molecule has 3 rings (SSSR count). The van der Waals surface area contributed by atoms with E-state index in [2.05, 4.69) is 19.1 Å². The molecule has 0 bridgehead atoms. The molecule has 0 fully saturated rings. The Morgan fingerprint density at radius 1 is 1.10 bits per heavy atom. The van der Waals surface area contributed by atoms with E-state index in [9.17, 15) is 4.79 Å². The second-order valence-corrected chi connectivity index (χ2v) is 5.23. The third kappa shape index (κ3) is 2.22. The fourth-order valence-electron chi connectivity index (χ4n) is 2.73. The second-order valence-electron chi connectivity index (χ2n) is 5.23. The second kappa shape index (κ2) is 5.49. The van der Waals surface area contributed by atoms with E-state index in [1.54, 1.807) is 0 Å². The molecule has 0 N–H and O–H groups in total. The summed E-state index contributed by atoms with van der Waals surface area (Å²) in [7, 11) is 0. The summed E-state index contributed by atoms with van der Waals surface area (Å²) in [5.74, 6) is 1.39. The minimum atomic E-state index is -0.212. The number of fused-ring (bicyclic) bond motifs is 2. The first-order valence-corrected chi connectivity index (χ1v) is 7.18. The van der Waals surface area contributed by atoms with Gasteiger partial charge in [-0.1, -0.05) is 43.7 Å². The van der Waals surface area contributed by atoms with E-state index in [4.69, 9.17) is 4.74 Å². The Bertz CT molecular complexity index is 631. The Labute approximate surface area is 119 Å². The van der Waals surface area contributed by atoms with Gasteiger partial charge in [-0.15, -0.1) is 0 Å². The number of rotatable bonds is 4. The largest absolute Gasteiger partial charge is 0.457 e. The first-order valence-electron chi connectivity index (χ1n) is 7.18. The monoisotopic (exact) mass is 266 g/mol. The SMILES string of the molecule is CCCCc1ccc2c(c1)C(C=O)c1ccccc1O2. The van der Waals surface area contributed by atoms with Gasteiger partial charge in [0.05, 0.1) is 5.92 Å². The number of para-hydroxylation sites is 1. The molecule has 0 radical (unpaired) electrons. The molecule has 102 valence electrons. The van der Waals surface area contributed by atoms with Gasteiger partial charge >= 0.3 is 0 Å². The molecule has 20 heavy (non-hydrogen) atoms. The quantitative estimate of drug-likeness (QED) is 0.763. The molecule has 2 nitrogen and oxygen atoms in total. The van der Waals surface area contributed by atoms with Gasteiger partial charge in [0.25, 0.3) is 0 Å². The van der Waals surface area contributed by atoms with Gasteiger partial charge in [-0.2, -0.15) is 0 Å². The highest BCUT2D eigenvalue weighted by molar-refractivity contribution is 5.74. The third-order valence-electron chi connectivity index (χ3n) is 3.84. The van der Waals surface area contributed by atoms with E-state index >= 15 is 0 Å². The van der Waals surface area contributed by atoms with Crippen LogP contribution in [-0.2, 0) is 11.2 Å². The maximum absolute atomic E-state index is 11.6. The van der Waals surface area contributed by atoms with Crippen LogP contribution in [0.4, 0.5) is 0 Å². The van der Waals surface area contributed by atoms with Crippen molar-refractivity contribution in [1.82, 2.24) is 0 Å². The van der Waals surface area contributed by atoms with E-state index in [0.717, 1.165) is 35.3 Å². The van der Waals surface area contributed by atoms with Crippen LogP contribution in [0.25, 0.3) is 0 Å². The van der Waals surface area contributed by atoms with Crippen molar-refractivity contribution in [3.8, 4) is 11.5 Å². The number of unbranched alkanes of at least 4 members (excludes halogenated alkanes) is 1. The lowest BCUT2D eigenvalue weighted by molar-refractivity contribution is -0.108. The fraction of sp³-hybridized carbons (Fsp3) is 0.278. The highest BCUT2D eigenvalue weighted by Gasteiger charge is 2.26. The van der Waals surface area contributed by atoms with E-state index in [0.29, 0.717) is 0 Å². The first-order chi connectivity index (χ1) is 9.83. The molecule has 0 spiro atoms. The third-order valence-corrected chi connectivity index (χ3v) is 3.84. The number of aryl methyl sites for hydroxylation is 1. The number of hydrogen-bond acceptors (Lipinski definition) is 2. The molecule has 0 saturated carbocycles. The van der Waals surface area contributed by atoms with Gasteiger partial charge in [0.1, 0.15) is 17.8 Å². The molecule has 2 heteroatoms. The van der Waals surface area contributed by atoms with Crippen LogP contribution in [0.15, 0.2) is 42.5 Å². The summed E-state index contributed by atoms with van der Waals surface area (Å²) >= 11 is 0. The molecule has 1 heterocycles. The van der Waals surface area contributed by atoms with Gasteiger partial charge in [0, 0.05) is 11.1 Å². The van der Waals surface area contributed by atoms with Crippen LogP contribution in [0.5, 0.6) is 11.5 Å². The van der Waals surface area contributed by atoms with E-state index < -0.39 is 0 Å². The van der Waals surface area contributed by atoms with Crippen LogP contribution in [0.2, 0.25) is 0 Å². The zero-order chi connectivity index (χ0) is 13.9. The molecule has 1 unspecified atom stereocenters. The maximum Gasteiger partial charge on any atom is 0.132 e. The topological polar surface area (TPSA) is 26.3 Å². The average molecular weight is 266 g/mol. The Balaban J connectivity index is 2.02. The van der Waals surface area contributed by atoms with Gasteiger partial charge in [-0.3, -0.25) is 0 Å². The number of carbonyl (C=O) groups excluding carboxylic acids is 1. The van der Waals surface area contributed by atoms with Crippen molar-refractivity contribution in [2.75, 3.05) is 0 Å². The Kier molecular flexibility index (Phi) is 3.55. The molecule has 1 atom stereocenters. The van der Waals surface area contributed by atoms with Crippen LogP contribution >= 0.6 is 0 Å². The minimum Gasteiger partial charge on any atom is -0.457 e. The summed E-state index contributed by atoms with van der Waals surface area (Å²) in [6.07, 6.45) is 4.41. The average Bonchev–Trinajstić information content (AvgIpc) is 2.50. The summed E-state index contributed by atoms with van der Waals surface area (Å²) in [5, 5.41) is 0.